The molecular weight excluding hydrogens is 250 g/mol. The number of rotatable bonds is 2. The summed E-state index contributed by atoms with van der Waals surface area (Å²) in [7, 11) is -2.90. The van der Waals surface area contributed by atoms with E-state index in [9.17, 15) is 8.42 Å². The van der Waals surface area contributed by atoms with Crippen LogP contribution in [0.15, 0.2) is 6.20 Å². The summed E-state index contributed by atoms with van der Waals surface area (Å²) in [6.45, 7) is 0. The van der Waals surface area contributed by atoms with Crippen LogP contribution >= 0.6 is 0 Å². The Labute approximate surface area is 107 Å². The Bertz CT molecular complexity index is 550. The molecule has 6 heteroatoms. The first kappa shape index (κ1) is 12.2. The lowest BCUT2D eigenvalue weighted by molar-refractivity contribution is 0.400. The number of aryl methyl sites for hydroxylation is 1. The van der Waals surface area contributed by atoms with Crippen LogP contribution in [-0.4, -0.2) is 29.0 Å². The number of hydrogen-bond donors (Lipinski definition) is 1. The van der Waals surface area contributed by atoms with Crippen LogP contribution in [-0.2, 0) is 22.7 Å². The average Bonchev–Trinajstić information content (AvgIpc) is 2.85. The summed E-state index contributed by atoms with van der Waals surface area (Å²) in [6.07, 6.45) is 6.94. The largest absolute Gasteiger partial charge is 0.316 e. The van der Waals surface area contributed by atoms with E-state index in [1.807, 2.05) is 6.20 Å². The first-order valence-corrected chi connectivity index (χ1v) is 8.31. The highest BCUT2D eigenvalue weighted by molar-refractivity contribution is 7.92. The van der Waals surface area contributed by atoms with Gasteiger partial charge in [-0.3, -0.25) is 0 Å². The fourth-order valence-electron chi connectivity index (χ4n) is 3.09. The van der Waals surface area contributed by atoms with E-state index in [1.165, 1.54) is 0 Å². The van der Waals surface area contributed by atoms with Gasteiger partial charge in [0, 0.05) is 18.3 Å². The van der Waals surface area contributed by atoms with Crippen LogP contribution in [0.3, 0.4) is 0 Å². The van der Waals surface area contributed by atoms with Crippen molar-refractivity contribution in [1.82, 2.24) is 9.55 Å². The van der Waals surface area contributed by atoms with Gasteiger partial charge in [0.15, 0.2) is 9.84 Å². The van der Waals surface area contributed by atoms with E-state index in [0.717, 1.165) is 43.6 Å². The minimum absolute atomic E-state index is 0.0321. The van der Waals surface area contributed by atoms with Gasteiger partial charge in [0.1, 0.15) is 5.82 Å². The average molecular weight is 269 g/mol. The van der Waals surface area contributed by atoms with Gasteiger partial charge in [0.25, 0.3) is 0 Å². The molecule has 3 rings (SSSR count). The molecule has 0 aromatic carbocycles. The summed E-state index contributed by atoms with van der Waals surface area (Å²) in [5.41, 5.74) is 7.26. The second-order valence-electron chi connectivity index (χ2n) is 5.33. The molecule has 0 amide bonds. The highest BCUT2D eigenvalue weighted by Gasteiger charge is 2.33. The van der Waals surface area contributed by atoms with Crippen molar-refractivity contribution < 1.29 is 8.42 Å². The minimum Gasteiger partial charge on any atom is -0.316 e. The molecule has 1 aromatic heterocycles. The van der Waals surface area contributed by atoms with E-state index in [-0.39, 0.29) is 11.4 Å². The molecular formula is C12H19N3O2S. The Hall–Kier alpha value is -0.880. The van der Waals surface area contributed by atoms with Crippen LogP contribution in [0.2, 0.25) is 0 Å². The summed E-state index contributed by atoms with van der Waals surface area (Å²) in [4.78, 5) is 4.40. The molecule has 100 valence electrons. The van der Waals surface area contributed by atoms with Crippen molar-refractivity contribution in [3.63, 3.8) is 0 Å². The van der Waals surface area contributed by atoms with E-state index in [0.29, 0.717) is 12.2 Å². The van der Waals surface area contributed by atoms with Gasteiger partial charge in [-0.15, -0.1) is 0 Å². The molecule has 3 heterocycles. The molecule has 2 aliphatic heterocycles. The smallest absolute Gasteiger partial charge is 0.153 e. The Morgan fingerprint density at radius 2 is 2.22 bits per heavy atom. The number of hydrogen-bond acceptors (Lipinski definition) is 4. The molecule has 2 atom stereocenters. The lowest BCUT2D eigenvalue weighted by atomic mass is 10.1. The van der Waals surface area contributed by atoms with Gasteiger partial charge in [-0.2, -0.15) is 0 Å². The number of fused-ring (bicyclic) bond motifs is 1. The van der Waals surface area contributed by atoms with E-state index < -0.39 is 9.84 Å². The second-order valence-corrected chi connectivity index (χ2v) is 7.73. The first-order valence-electron chi connectivity index (χ1n) is 6.60. The molecule has 0 saturated carbocycles. The highest BCUT2D eigenvalue weighted by Crippen LogP contribution is 2.27. The Morgan fingerprint density at radius 1 is 1.39 bits per heavy atom. The lowest BCUT2D eigenvalue weighted by Gasteiger charge is -2.24. The molecule has 0 aliphatic carbocycles. The molecule has 18 heavy (non-hydrogen) atoms. The number of sulfone groups is 1. The number of aromatic nitrogens is 2. The molecule has 1 aromatic rings. The topological polar surface area (TPSA) is 78.0 Å². The SMILES string of the molecule is NC1CCCc2cnc(CC3CCCS3(=O)=O)n21. The summed E-state index contributed by atoms with van der Waals surface area (Å²) in [6, 6.07) is 0. The van der Waals surface area contributed by atoms with Gasteiger partial charge in [-0.05, 0) is 32.1 Å². The molecule has 0 spiro atoms. The van der Waals surface area contributed by atoms with Crippen molar-refractivity contribution in [3.05, 3.63) is 17.7 Å². The summed E-state index contributed by atoms with van der Waals surface area (Å²) < 4.78 is 25.8. The Kier molecular flexibility index (Phi) is 2.94. The summed E-state index contributed by atoms with van der Waals surface area (Å²) >= 11 is 0. The van der Waals surface area contributed by atoms with Gasteiger partial charge in [-0.25, -0.2) is 13.4 Å². The van der Waals surface area contributed by atoms with E-state index >= 15 is 0 Å². The fourth-order valence-corrected chi connectivity index (χ4v) is 4.92. The van der Waals surface area contributed by atoms with Crippen LogP contribution < -0.4 is 5.73 Å². The Morgan fingerprint density at radius 3 is 2.94 bits per heavy atom. The molecule has 0 bridgehead atoms. The maximum Gasteiger partial charge on any atom is 0.153 e. The van der Waals surface area contributed by atoms with E-state index in [2.05, 4.69) is 9.55 Å². The second kappa shape index (κ2) is 4.35. The lowest BCUT2D eigenvalue weighted by Crippen LogP contribution is -2.28. The zero-order chi connectivity index (χ0) is 12.8. The highest BCUT2D eigenvalue weighted by atomic mass is 32.2. The summed E-state index contributed by atoms with van der Waals surface area (Å²) in [5, 5.41) is -0.252. The van der Waals surface area contributed by atoms with Crippen molar-refractivity contribution in [2.75, 3.05) is 5.75 Å². The molecule has 1 saturated heterocycles. The predicted octanol–water partition coefficient (Wildman–Crippen LogP) is 0.796. The third-order valence-corrected chi connectivity index (χ3v) is 6.36. The third-order valence-electron chi connectivity index (χ3n) is 4.09. The predicted molar refractivity (Wildman–Crippen MR) is 68.9 cm³/mol. The van der Waals surface area contributed by atoms with Crippen LogP contribution in [0, 0.1) is 0 Å². The van der Waals surface area contributed by atoms with Crippen molar-refractivity contribution in [2.45, 2.75) is 49.9 Å². The van der Waals surface area contributed by atoms with Gasteiger partial charge in [0.2, 0.25) is 0 Å². The van der Waals surface area contributed by atoms with Crippen LogP contribution in [0.5, 0.6) is 0 Å². The van der Waals surface area contributed by atoms with Crippen molar-refractivity contribution in [2.24, 2.45) is 5.73 Å². The maximum absolute atomic E-state index is 11.9. The van der Waals surface area contributed by atoms with Crippen LogP contribution in [0.4, 0.5) is 0 Å². The number of imidazole rings is 1. The van der Waals surface area contributed by atoms with Gasteiger partial charge < -0.3 is 10.3 Å². The number of nitrogens with two attached hydrogens (primary N) is 1. The molecule has 5 nitrogen and oxygen atoms in total. The zero-order valence-electron chi connectivity index (χ0n) is 10.4. The Balaban J connectivity index is 1.88. The monoisotopic (exact) mass is 269 g/mol. The van der Waals surface area contributed by atoms with Crippen molar-refractivity contribution >= 4 is 9.84 Å². The van der Waals surface area contributed by atoms with Crippen molar-refractivity contribution in [1.29, 1.82) is 0 Å². The number of nitrogens with zero attached hydrogens (tertiary/aromatic N) is 2. The molecule has 2 unspecified atom stereocenters. The summed E-state index contributed by atoms with van der Waals surface area (Å²) in [5.74, 6) is 1.18. The van der Waals surface area contributed by atoms with Gasteiger partial charge in [0.05, 0.1) is 17.2 Å². The maximum atomic E-state index is 11.9. The zero-order valence-corrected chi connectivity index (χ0v) is 11.2. The van der Waals surface area contributed by atoms with Gasteiger partial charge >= 0.3 is 0 Å². The third kappa shape index (κ3) is 1.97. The molecule has 2 aliphatic rings. The fraction of sp³-hybridized carbons (Fsp3) is 0.750. The molecule has 1 fully saturated rings. The van der Waals surface area contributed by atoms with Crippen LogP contribution in [0.25, 0.3) is 0 Å². The van der Waals surface area contributed by atoms with Gasteiger partial charge in [-0.1, -0.05) is 0 Å². The van der Waals surface area contributed by atoms with Crippen molar-refractivity contribution in [3.8, 4) is 0 Å². The van der Waals surface area contributed by atoms with E-state index in [1.54, 1.807) is 0 Å². The molecule has 0 radical (unpaired) electrons. The van der Waals surface area contributed by atoms with Crippen LogP contribution in [0.1, 0.15) is 43.4 Å². The normalized spacial score (nSPS) is 30.3. The standard InChI is InChI=1S/C12H19N3O2S/c13-11-5-1-3-9-8-14-12(15(9)11)7-10-4-2-6-18(10,16)17/h8,10-11H,1-7,13H2. The minimum atomic E-state index is -2.90. The van der Waals surface area contributed by atoms with E-state index in [4.69, 9.17) is 5.73 Å². The quantitative estimate of drug-likeness (QED) is 0.861. The molecule has 2 N–H and O–H groups in total. The first-order chi connectivity index (χ1) is 8.58.